The lowest BCUT2D eigenvalue weighted by Gasteiger charge is -2.37. The summed E-state index contributed by atoms with van der Waals surface area (Å²) in [7, 11) is 0. The van der Waals surface area contributed by atoms with Crippen LogP contribution in [0.1, 0.15) is 19.8 Å². The number of carboxylic acids is 2. The van der Waals surface area contributed by atoms with Crippen LogP contribution in [0.5, 0.6) is 0 Å². The second kappa shape index (κ2) is 7.79. The lowest BCUT2D eigenvalue weighted by Crippen LogP contribution is -2.57. The van der Waals surface area contributed by atoms with Gasteiger partial charge in [0.05, 0.1) is 31.9 Å². The zero-order chi connectivity index (χ0) is 16.0. The highest BCUT2D eigenvalue weighted by molar-refractivity contribution is 5.83. The number of nitrogens with one attached hydrogen (secondary N) is 1. The molecule has 1 aliphatic rings. The maximum atomic E-state index is 12.1. The minimum absolute atomic E-state index is 0.148. The first-order valence-corrected chi connectivity index (χ1v) is 6.59. The number of aliphatic hydroxyl groups excluding tert-OH is 1. The number of ether oxygens (including phenoxy) is 1. The molecule has 1 saturated heterocycles. The molecule has 4 N–H and O–H groups in total. The smallest absolute Gasteiger partial charge is 0.326 e. The monoisotopic (exact) mass is 304 g/mol. The first-order chi connectivity index (χ1) is 9.85. The summed E-state index contributed by atoms with van der Waals surface area (Å²) in [5.74, 6) is -2.42. The topological polar surface area (TPSA) is 136 Å². The second-order valence-electron chi connectivity index (χ2n) is 4.91. The van der Waals surface area contributed by atoms with Crippen molar-refractivity contribution in [2.24, 2.45) is 0 Å². The molecule has 9 heteroatoms. The average Bonchev–Trinajstić information content (AvgIpc) is 2.43. The first-order valence-electron chi connectivity index (χ1n) is 6.59. The number of hydrogen-bond donors (Lipinski definition) is 4. The van der Waals surface area contributed by atoms with Crippen molar-refractivity contribution in [3.63, 3.8) is 0 Å². The molecule has 0 saturated carbocycles. The number of aliphatic hydroxyl groups is 1. The molecule has 0 aliphatic carbocycles. The predicted molar refractivity (Wildman–Crippen MR) is 69.8 cm³/mol. The summed E-state index contributed by atoms with van der Waals surface area (Å²) >= 11 is 0. The Hall–Kier alpha value is -1.87. The molecule has 120 valence electrons. The molecule has 21 heavy (non-hydrogen) atoms. The molecule has 2 amide bonds. The number of morpholine rings is 1. The Bertz CT molecular complexity index is 401. The highest BCUT2D eigenvalue weighted by Crippen LogP contribution is 2.12. The summed E-state index contributed by atoms with van der Waals surface area (Å²) in [6, 6.07) is -2.14. The summed E-state index contributed by atoms with van der Waals surface area (Å²) in [6.07, 6.45) is -1.05. The highest BCUT2D eigenvalue weighted by atomic mass is 16.5. The van der Waals surface area contributed by atoms with Gasteiger partial charge < -0.3 is 30.3 Å². The number of urea groups is 1. The van der Waals surface area contributed by atoms with Crippen LogP contribution in [-0.4, -0.2) is 76.1 Å². The van der Waals surface area contributed by atoms with Gasteiger partial charge in [-0.05, 0) is 13.3 Å². The van der Waals surface area contributed by atoms with Gasteiger partial charge in [-0.2, -0.15) is 0 Å². The summed E-state index contributed by atoms with van der Waals surface area (Å²) in [5, 5.41) is 28.9. The molecule has 0 aromatic rings. The van der Waals surface area contributed by atoms with E-state index in [-0.39, 0.29) is 38.6 Å². The van der Waals surface area contributed by atoms with Gasteiger partial charge in [0, 0.05) is 6.42 Å². The molecular formula is C12H20N2O7. The van der Waals surface area contributed by atoms with Crippen LogP contribution >= 0.6 is 0 Å². The van der Waals surface area contributed by atoms with Gasteiger partial charge in [-0.1, -0.05) is 0 Å². The molecule has 1 fully saturated rings. The van der Waals surface area contributed by atoms with Crippen LogP contribution in [0, 0.1) is 0 Å². The number of rotatable bonds is 6. The van der Waals surface area contributed by atoms with Gasteiger partial charge in [0.2, 0.25) is 0 Å². The predicted octanol–water partition coefficient (Wildman–Crippen LogP) is -0.904. The van der Waals surface area contributed by atoms with E-state index < -0.39 is 30.1 Å². The van der Waals surface area contributed by atoms with Crippen molar-refractivity contribution in [1.82, 2.24) is 10.2 Å². The molecule has 0 aromatic carbocycles. The van der Waals surface area contributed by atoms with E-state index in [0.29, 0.717) is 0 Å². The average molecular weight is 304 g/mol. The lowest BCUT2D eigenvalue weighted by atomic mass is 10.1. The van der Waals surface area contributed by atoms with Crippen LogP contribution in [0.3, 0.4) is 0 Å². The molecule has 3 atom stereocenters. The molecule has 3 unspecified atom stereocenters. The van der Waals surface area contributed by atoms with Crippen LogP contribution in [0.4, 0.5) is 4.79 Å². The van der Waals surface area contributed by atoms with E-state index in [1.54, 1.807) is 6.92 Å². The number of amides is 2. The van der Waals surface area contributed by atoms with E-state index >= 15 is 0 Å². The largest absolute Gasteiger partial charge is 0.481 e. The van der Waals surface area contributed by atoms with E-state index in [0.717, 1.165) is 0 Å². The van der Waals surface area contributed by atoms with Crippen molar-refractivity contribution < 1.29 is 34.4 Å². The summed E-state index contributed by atoms with van der Waals surface area (Å²) in [5.41, 5.74) is 0. The fourth-order valence-electron chi connectivity index (χ4n) is 1.97. The van der Waals surface area contributed by atoms with Crippen molar-refractivity contribution in [2.75, 3.05) is 19.8 Å². The minimum Gasteiger partial charge on any atom is -0.481 e. The Labute approximate surface area is 121 Å². The Morgan fingerprint density at radius 2 is 2.05 bits per heavy atom. The molecule has 1 rings (SSSR count). The summed E-state index contributed by atoms with van der Waals surface area (Å²) in [4.78, 5) is 35.0. The van der Waals surface area contributed by atoms with Crippen molar-refractivity contribution in [2.45, 2.75) is 38.0 Å². The zero-order valence-corrected chi connectivity index (χ0v) is 11.7. The maximum Gasteiger partial charge on any atom is 0.326 e. The van der Waals surface area contributed by atoms with Crippen molar-refractivity contribution >= 4 is 18.0 Å². The number of carbonyl (C=O) groups is 3. The van der Waals surface area contributed by atoms with Crippen molar-refractivity contribution in [3.05, 3.63) is 0 Å². The van der Waals surface area contributed by atoms with Crippen LogP contribution in [0.15, 0.2) is 0 Å². The quantitative estimate of drug-likeness (QED) is 0.499. The van der Waals surface area contributed by atoms with Gasteiger partial charge in [-0.3, -0.25) is 4.79 Å². The molecule has 0 bridgehead atoms. The normalized spacial score (nSPS) is 23.4. The lowest BCUT2D eigenvalue weighted by molar-refractivity contribution is -0.140. The maximum absolute atomic E-state index is 12.1. The van der Waals surface area contributed by atoms with Gasteiger partial charge in [-0.15, -0.1) is 0 Å². The number of aliphatic carboxylic acids is 2. The van der Waals surface area contributed by atoms with Gasteiger partial charge in [0.15, 0.2) is 0 Å². The third-order valence-electron chi connectivity index (χ3n) is 3.21. The molecule has 1 aliphatic heterocycles. The SMILES string of the molecule is CC1COC(CO)CN1C(=O)NC(CCC(=O)O)C(=O)O. The van der Waals surface area contributed by atoms with Crippen LogP contribution in [0.25, 0.3) is 0 Å². The van der Waals surface area contributed by atoms with Gasteiger partial charge in [0.1, 0.15) is 6.04 Å². The van der Waals surface area contributed by atoms with E-state index in [9.17, 15) is 14.4 Å². The van der Waals surface area contributed by atoms with E-state index in [4.69, 9.17) is 20.1 Å². The second-order valence-corrected chi connectivity index (χ2v) is 4.91. The van der Waals surface area contributed by atoms with E-state index in [2.05, 4.69) is 5.32 Å². The summed E-state index contributed by atoms with van der Waals surface area (Å²) in [6.45, 7) is 1.89. The zero-order valence-electron chi connectivity index (χ0n) is 11.7. The fraction of sp³-hybridized carbons (Fsp3) is 0.750. The molecule has 0 spiro atoms. The fourth-order valence-corrected chi connectivity index (χ4v) is 1.97. The van der Waals surface area contributed by atoms with Crippen molar-refractivity contribution in [3.8, 4) is 0 Å². The molecular weight excluding hydrogens is 284 g/mol. The number of carboxylic acid groups (broad SMARTS) is 2. The van der Waals surface area contributed by atoms with Crippen LogP contribution < -0.4 is 5.32 Å². The van der Waals surface area contributed by atoms with Crippen LogP contribution in [0.2, 0.25) is 0 Å². The standard InChI is InChI=1S/C12H20N2O7/c1-7-6-21-8(5-15)4-14(7)12(20)13-9(11(18)19)2-3-10(16)17/h7-9,15H,2-6H2,1H3,(H,13,20)(H,16,17)(H,18,19). The molecule has 0 radical (unpaired) electrons. The molecule has 9 nitrogen and oxygen atoms in total. The molecule has 0 aromatic heterocycles. The van der Waals surface area contributed by atoms with Crippen LogP contribution in [-0.2, 0) is 14.3 Å². The Morgan fingerprint density at radius 1 is 1.38 bits per heavy atom. The van der Waals surface area contributed by atoms with E-state index in [1.807, 2.05) is 0 Å². The van der Waals surface area contributed by atoms with Gasteiger partial charge >= 0.3 is 18.0 Å². The number of nitrogens with zero attached hydrogens (tertiary/aromatic N) is 1. The minimum atomic E-state index is -1.29. The van der Waals surface area contributed by atoms with E-state index in [1.165, 1.54) is 4.90 Å². The van der Waals surface area contributed by atoms with Gasteiger partial charge in [-0.25, -0.2) is 9.59 Å². The Kier molecular flexibility index (Phi) is 6.38. The Balaban J connectivity index is 2.62. The highest BCUT2D eigenvalue weighted by Gasteiger charge is 2.31. The third-order valence-corrected chi connectivity index (χ3v) is 3.21. The van der Waals surface area contributed by atoms with Crippen molar-refractivity contribution in [1.29, 1.82) is 0 Å². The first kappa shape index (κ1) is 17.2. The van der Waals surface area contributed by atoms with Gasteiger partial charge in [0.25, 0.3) is 0 Å². The molecule has 1 heterocycles. The number of hydrogen-bond acceptors (Lipinski definition) is 5. The third kappa shape index (κ3) is 5.20. The Morgan fingerprint density at radius 3 is 2.57 bits per heavy atom. The number of carbonyl (C=O) groups excluding carboxylic acids is 1. The summed E-state index contributed by atoms with van der Waals surface area (Å²) < 4.78 is 5.29.